The number of carbonyl (C=O) groups excluding carboxylic acids is 1. The van der Waals surface area contributed by atoms with Crippen molar-refractivity contribution >= 4 is 39.9 Å². The van der Waals surface area contributed by atoms with E-state index in [9.17, 15) is 9.18 Å². The SMILES string of the molecule is CCOC(C)(C)c1c(F)c(Cl)c(-c2cn3cc(NC(=O)C4CC4F)nc3cn2)c2cn[nH]c12. The van der Waals surface area contributed by atoms with Crippen LogP contribution in [0.15, 0.2) is 24.8 Å². The number of amides is 1. The van der Waals surface area contributed by atoms with Gasteiger partial charge in [0.1, 0.15) is 6.17 Å². The van der Waals surface area contributed by atoms with Crippen molar-refractivity contribution in [2.24, 2.45) is 5.92 Å². The number of alkyl halides is 1. The molecule has 0 bridgehead atoms. The highest BCUT2D eigenvalue weighted by molar-refractivity contribution is 6.35. The van der Waals surface area contributed by atoms with Crippen molar-refractivity contribution in [1.29, 1.82) is 0 Å². The number of ether oxygens (including phenoxy) is 1. The summed E-state index contributed by atoms with van der Waals surface area (Å²) in [5, 5.41) is 10.1. The monoisotopic (exact) mass is 474 g/mol. The predicted molar refractivity (Wildman–Crippen MR) is 119 cm³/mol. The van der Waals surface area contributed by atoms with Gasteiger partial charge in [-0.2, -0.15) is 5.10 Å². The van der Waals surface area contributed by atoms with Gasteiger partial charge in [0, 0.05) is 29.3 Å². The van der Waals surface area contributed by atoms with E-state index in [4.69, 9.17) is 16.3 Å². The molecule has 0 radical (unpaired) electrons. The van der Waals surface area contributed by atoms with Crippen LogP contribution >= 0.6 is 11.6 Å². The number of fused-ring (bicyclic) bond motifs is 2. The van der Waals surface area contributed by atoms with E-state index in [0.29, 0.717) is 34.4 Å². The number of rotatable bonds is 6. The fourth-order valence-electron chi connectivity index (χ4n) is 4.11. The van der Waals surface area contributed by atoms with Crippen molar-refractivity contribution in [2.75, 3.05) is 11.9 Å². The molecule has 4 aromatic rings. The first kappa shape index (κ1) is 21.7. The second-order valence-electron chi connectivity index (χ2n) is 8.49. The third-order valence-electron chi connectivity index (χ3n) is 5.80. The molecule has 1 amide bonds. The van der Waals surface area contributed by atoms with E-state index in [1.165, 1.54) is 6.20 Å². The van der Waals surface area contributed by atoms with E-state index in [0.717, 1.165) is 0 Å². The van der Waals surface area contributed by atoms with Crippen LogP contribution in [0.5, 0.6) is 0 Å². The average molecular weight is 475 g/mol. The zero-order valence-electron chi connectivity index (χ0n) is 18.1. The number of H-pyrrole nitrogens is 1. The lowest BCUT2D eigenvalue weighted by molar-refractivity contribution is -0.117. The molecular weight excluding hydrogens is 454 g/mol. The molecule has 8 nitrogen and oxygen atoms in total. The number of hydrogen-bond acceptors (Lipinski definition) is 5. The van der Waals surface area contributed by atoms with Crippen LogP contribution in [-0.4, -0.2) is 43.3 Å². The van der Waals surface area contributed by atoms with Crippen molar-refractivity contribution in [2.45, 2.75) is 39.0 Å². The van der Waals surface area contributed by atoms with Gasteiger partial charge in [0.25, 0.3) is 0 Å². The van der Waals surface area contributed by atoms with E-state index in [1.54, 1.807) is 36.8 Å². The Kier molecular flexibility index (Phi) is 5.09. The lowest BCUT2D eigenvalue weighted by Gasteiger charge is -2.27. The molecule has 11 heteroatoms. The maximum absolute atomic E-state index is 15.6. The molecule has 2 N–H and O–H groups in total. The van der Waals surface area contributed by atoms with Crippen molar-refractivity contribution in [3.63, 3.8) is 0 Å². The number of halogens is 3. The maximum Gasteiger partial charge on any atom is 0.231 e. The van der Waals surface area contributed by atoms with Gasteiger partial charge in [0.15, 0.2) is 17.3 Å². The van der Waals surface area contributed by atoms with Gasteiger partial charge in [-0.25, -0.2) is 13.8 Å². The fourth-order valence-corrected chi connectivity index (χ4v) is 4.40. The predicted octanol–water partition coefficient (Wildman–Crippen LogP) is 4.63. The zero-order chi connectivity index (χ0) is 23.5. The molecule has 3 heterocycles. The number of aromatic amines is 1. The van der Waals surface area contributed by atoms with E-state index in [2.05, 4.69) is 25.5 Å². The average Bonchev–Trinajstić information content (AvgIpc) is 3.12. The molecule has 1 aliphatic carbocycles. The zero-order valence-corrected chi connectivity index (χ0v) is 18.9. The van der Waals surface area contributed by atoms with E-state index < -0.39 is 29.4 Å². The maximum atomic E-state index is 15.6. The number of anilines is 1. The molecule has 1 saturated carbocycles. The number of hydrogen-bond donors (Lipinski definition) is 2. The Morgan fingerprint density at radius 2 is 2.15 bits per heavy atom. The normalized spacial score (nSPS) is 18.2. The molecule has 0 saturated heterocycles. The second-order valence-corrected chi connectivity index (χ2v) is 8.87. The third-order valence-corrected chi connectivity index (χ3v) is 6.15. The van der Waals surface area contributed by atoms with Crippen LogP contribution in [0.25, 0.3) is 27.8 Å². The highest BCUT2D eigenvalue weighted by Crippen LogP contribution is 2.42. The van der Waals surface area contributed by atoms with E-state index in [-0.39, 0.29) is 22.8 Å². The van der Waals surface area contributed by atoms with Crippen molar-refractivity contribution < 1.29 is 18.3 Å². The molecule has 2 atom stereocenters. The summed E-state index contributed by atoms with van der Waals surface area (Å²) in [6.07, 6.45) is 5.39. The Balaban J connectivity index is 1.59. The molecule has 2 unspecified atom stereocenters. The minimum Gasteiger partial charge on any atom is -0.371 e. The molecule has 0 aliphatic heterocycles. The first-order valence-electron chi connectivity index (χ1n) is 10.5. The van der Waals surface area contributed by atoms with E-state index in [1.807, 2.05) is 6.92 Å². The van der Waals surface area contributed by atoms with Gasteiger partial charge in [-0.05, 0) is 27.2 Å². The van der Waals surface area contributed by atoms with Gasteiger partial charge in [-0.3, -0.25) is 14.9 Å². The first-order chi connectivity index (χ1) is 15.7. The number of aromatic nitrogens is 5. The standard InChI is InChI=1S/C22H21ClF2N6O2/c1-4-33-22(2,3)17-19(25)18(23)16(11-6-27-30-20(11)17)13-8-31-9-14(28-15(31)7-26-13)29-21(32)10-5-12(10)24/h6-10,12H,4-5H2,1-3H3,(H,27,30)(H,29,32). The summed E-state index contributed by atoms with van der Waals surface area (Å²) in [6, 6.07) is 0. The fraction of sp³-hybridized carbons (Fsp3) is 0.364. The van der Waals surface area contributed by atoms with Gasteiger partial charge in [0.2, 0.25) is 5.91 Å². The summed E-state index contributed by atoms with van der Waals surface area (Å²) >= 11 is 6.53. The summed E-state index contributed by atoms with van der Waals surface area (Å²) in [5.74, 6) is -1.37. The van der Waals surface area contributed by atoms with Crippen LogP contribution in [0.3, 0.4) is 0 Å². The minimum absolute atomic E-state index is 0.102. The number of imidazole rings is 1. The van der Waals surface area contributed by atoms with E-state index >= 15 is 4.39 Å². The van der Waals surface area contributed by atoms with Gasteiger partial charge < -0.3 is 14.5 Å². The Morgan fingerprint density at radius 1 is 1.39 bits per heavy atom. The highest BCUT2D eigenvalue weighted by atomic mass is 35.5. The molecule has 1 aliphatic rings. The molecular formula is C22H21ClF2N6O2. The van der Waals surface area contributed by atoms with Gasteiger partial charge >= 0.3 is 0 Å². The van der Waals surface area contributed by atoms with Crippen LogP contribution in [0.1, 0.15) is 32.8 Å². The topological polar surface area (TPSA) is 97.2 Å². The molecule has 1 aromatic carbocycles. The van der Waals surface area contributed by atoms with Crippen LogP contribution < -0.4 is 5.32 Å². The lowest BCUT2D eigenvalue weighted by atomic mass is 9.92. The summed E-state index contributed by atoms with van der Waals surface area (Å²) < 4.78 is 36.1. The minimum atomic E-state index is -1.10. The molecule has 172 valence electrons. The molecule has 33 heavy (non-hydrogen) atoms. The Hall–Kier alpha value is -3.11. The molecule has 0 spiro atoms. The van der Waals surface area contributed by atoms with Gasteiger partial charge in [0.05, 0.1) is 46.3 Å². The summed E-state index contributed by atoms with van der Waals surface area (Å²) in [6.45, 7) is 5.76. The van der Waals surface area contributed by atoms with Gasteiger partial charge in [-0.1, -0.05) is 11.6 Å². The summed E-state index contributed by atoms with van der Waals surface area (Å²) in [7, 11) is 0. The molecule has 5 rings (SSSR count). The van der Waals surface area contributed by atoms with Crippen molar-refractivity contribution in [1.82, 2.24) is 24.6 Å². The Bertz CT molecular complexity index is 1400. The summed E-state index contributed by atoms with van der Waals surface area (Å²) in [4.78, 5) is 20.7. The number of nitrogens with zero attached hydrogens (tertiary/aromatic N) is 4. The lowest BCUT2D eigenvalue weighted by Crippen LogP contribution is -2.24. The number of carbonyl (C=O) groups is 1. The number of nitrogens with one attached hydrogen (secondary N) is 2. The largest absolute Gasteiger partial charge is 0.371 e. The summed E-state index contributed by atoms with van der Waals surface area (Å²) in [5.41, 5.74) is 1.02. The molecule has 1 fully saturated rings. The molecule has 3 aromatic heterocycles. The third kappa shape index (κ3) is 3.63. The Morgan fingerprint density at radius 3 is 2.85 bits per heavy atom. The second kappa shape index (κ2) is 7.74. The Labute approximate surface area is 192 Å². The smallest absolute Gasteiger partial charge is 0.231 e. The van der Waals surface area contributed by atoms with Crippen LogP contribution in [0.4, 0.5) is 14.6 Å². The van der Waals surface area contributed by atoms with Crippen LogP contribution in [0.2, 0.25) is 5.02 Å². The van der Waals surface area contributed by atoms with Gasteiger partial charge in [-0.15, -0.1) is 0 Å². The highest BCUT2D eigenvalue weighted by Gasteiger charge is 2.43. The van der Waals surface area contributed by atoms with Crippen molar-refractivity contribution in [3.8, 4) is 11.3 Å². The van der Waals surface area contributed by atoms with Crippen LogP contribution in [-0.2, 0) is 15.1 Å². The van der Waals surface area contributed by atoms with Crippen LogP contribution in [0, 0.1) is 11.7 Å². The number of benzene rings is 1. The first-order valence-corrected chi connectivity index (χ1v) is 10.9. The van der Waals surface area contributed by atoms with Crippen molar-refractivity contribution in [3.05, 3.63) is 41.2 Å². The quantitative estimate of drug-likeness (QED) is 0.424.